The van der Waals surface area contributed by atoms with Gasteiger partial charge in [-0.3, -0.25) is 0 Å². The molecule has 0 amide bonds. The lowest BCUT2D eigenvalue weighted by atomic mass is 9.82. The molecular weight excluding hydrogens is 182 g/mol. The second-order valence-corrected chi connectivity index (χ2v) is 5.57. The Balaban J connectivity index is 2.28. The van der Waals surface area contributed by atoms with E-state index in [4.69, 9.17) is 0 Å². The molecule has 0 atom stereocenters. The third-order valence-electron chi connectivity index (χ3n) is 3.37. The van der Waals surface area contributed by atoms with Crippen LogP contribution >= 0.6 is 0 Å². The van der Waals surface area contributed by atoms with Crippen molar-refractivity contribution >= 4 is 0 Å². The Labute approximate surface area is 95.3 Å². The molecule has 0 aliphatic heterocycles. The van der Waals surface area contributed by atoms with Crippen molar-refractivity contribution in [1.29, 1.82) is 0 Å². The van der Waals surface area contributed by atoms with Gasteiger partial charge in [0.15, 0.2) is 0 Å². The zero-order valence-corrected chi connectivity index (χ0v) is 10.8. The van der Waals surface area contributed by atoms with Crippen LogP contribution in [-0.4, -0.2) is 12.6 Å². The van der Waals surface area contributed by atoms with E-state index < -0.39 is 0 Å². The van der Waals surface area contributed by atoms with Crippen LogP contribution < -0.4 is 5.32 Å². The average molecular weight is 209 g/mol. The van der Waals surface area contributed by atoms with Gasteiger partial charge in [-0.1, -0.05) is 45.3 Å². The molecule has 1 aliphatic rings. The molecule has 15 heavy (non-hydrogen) atoms. The summed E-state index contributed by atoms with van der Waals surface area (Å²) in [4.78, 5) is 0. The van der Waals surface area contributed by atoms with Crippen molar-refractivity contribution in [2.24, 2.45) is 11.8 Å². The van der Waals surface area contributed by atoms with Crippen LogP contribution in [0.25, 0.3) is 0 Å². The highest BCUT2D eigenvalue weighted by Gasteiger charge is 2.16. The number of hydrogen-bond donors (Lipinski definition) is 1. The van der Waals surface area contributed by atoms with Crippen LogP contribution in [0.3, 0.4) is 0 Å². The van der Waals surface area contributed by atoms with Crippen molar-refractivity contribution < 1.29 is 0 Å². The van der Waals surface area contributed by atoms with E-state index in [1.165, 1.54) is 31.3 Å². The first-order chi connectivity index (χ1) is 7.08. The predicted molar refractivity (Wildman–Crippen MR) is 68.0 cm³/mol. The summed E-state index contributed by atoms with van der Waals surface area (Å²) in [6, 6.07) is 0.597. The van der Waals surface area contributed by atoms with E-state index in [-0.39, 0.29) is 0 Å². The first kappa shape index (κ1) is 12.8. The standard InChI is InChI=1S/C14H27N/c1-11(2)15-10-13(4)9-14-7-5-12(3)6-8-14/h9,11-12,14-15H,5-8,10H2,1-4H3. The van der Waals surface area contributed by atoms with E-state index in [0.29, 0.717) is 6.04 Å². The fourth-order valence-electron chi connectivity index (χ4n) is 2.28. The molecule has 0 aromatic carbocycles. The molecule has 0 saturated heterocycles. The number of rotatable bonds is 4. The van der Waals surface area contributed by atoms with Gasteiger partial charge in [0.25, 0.3) is 0 Å². The summed E-state index contributed by atoms with van der Waals surface area (Å²) in [7, 11) is 0. The molecule has 0 heterocycles. The molecule has 1 N–H and O–H groups in total. The van der Waals surface area contributed by atoms with Crippen LogP contribution in [0, 0.1) is 11.8 Å². The van der Waals surface area contributed by atoms with E-state index in [2.05, 4.69) is 39.1 Å². The maximum Gasteiger partial charge on any atom is 0.0164 e. The maximum atomic E-state index is 3.48. The predicted octanol–water partition coefficient (Wildman–Crippen LogP) is 3.76. The molecule has 88 valence electrons. The van der Waals surface area contributed by atoms with Gasteiger partial charge in [0.1, 0.15) is 0 Å². The highest BCUT2D eigenvalue weighted by atomic mass is 14.9. The highest BCUT2D eigenvalue weighted by Crippen LogP contribution is 2.29. The van der Waals surface area contributed by atoms with Crippen molar-refractivity contribution in [2.45, 2.75) is 59.4 Å². The monoisotopic (exact) mass is 209 g/mol. The van der Waals surface area contributed by atoms with Crippen LogP contribution in [-0.2, 0) is 0 Å². The molecule has 1 saturated carbocycles. The molecule has 1 nitrogen and oxygen atoms in total. The highest BCUT2D eigenvalue weighted by molar-refractivity contribution is 5.04. The lowest BCUT2D eigenvalue weighted by Gasteiger charge is -2.24. The van der Waals surface area contributed by atoms with Crippen molar-refractivity contribution in [1.82, 2.24) is 5.32 Å². The molecule has 0 spiro atoms. The van der Waals surface area contributed by atoms with Crippen molar-refractivity contribution in [3.05, 3.63) is 11.6 Å². The largest absolute Gasteiger partial charge is 0.311 e. The molecule has 1 fully saturated rings. The van der Waals surface area contributed by atoms with Crippen LogP contribution in [0.1, 0.15) is 53.4 Å². The number of allylic oxidation sites excluding steroid dienone is 1. The summed E-state index contributed by atoms with van der Waals surface area (Å²) in [6.07, 6.45) is 8.15. The van der Waals surface area contributed by atoms with Gasteiger partial charge in [-0.15, -0.1) is 0 Å². The Kier molecular flexibility index (Phi) is 5.38. The Morgan fingerprint density at radius 3 is 2.40 bits per heavy atom. The van der Waals surface area contributed by atoms with Gasteiger partial charge in [0.05, 0.1) is 0 Å². The summed E-state index contributed by atoms with van der Waals surface area (Å²) < 4.78 is 0. The fourth-order valence-corrected chi connectivity index (χ4v) is 2.28. The van der Waals surface area contributed by atoms with Crippen LogP contribution in [0.15, 0.2) is 11.6 Å². The minimum Gasteiger partial charge on any atom is -0.311 e. The van der Waals surface area contributed by atoms with Crippen LogP contribution in [0.5, 0.6) is 0 Å². The topological polar surface area (TPSA) is 12.0 Å². The first-order valence-electron chi connectivity index (χ1n) is 6.48. The van der Waals surface area contributed by atoms with Crippen molar-refractivity contribution in [2.75, 3.05) is 6.54 Å². The Bertz CT molecular complexity index is 197. The third kappa shape index (κ3) is 5.36. The van der Waals surface area contributed by atoms with Gasteiger partial charge in [0, 0.05) is 12.6 Å². The van der Waals surface area contributed by atoms with E-state index in [0.717, 1.165) is 18.4 Å². The van der Waals surface area contributed by atoms with Gasteiger partial charge in [-0.05, 0) is 31.6 Å². The SMILES string of the molecule is CC(=CC1CCC(C)CC1)CNC(C)C. The quantitative estimate of drug-likeness (QED) is 0.695. The summed E-state index contributed by atoms with van der Waals surface area (Å²) in [5, 5.41) is 3.48. The van der Waals surface area contributed by atoms with E-state index in [1.54, 1.807) is 0 Å². The molecule has 1 rings (SSSR count). The van der Waals surface area contributed by atoms with Gasteiger partial charge in [-0.25, -0.2) is 0 Å². The second-order valence-electron chi connectivity index (χ2n) is 5.57. The molecule has 0 aromatic rings. The van der Waals surface area contributed by atoms with E-state index in [9.17, 15) is 0 Å². The molecule has 0 radical (unpaired) electrons. The van der Waals surface area contributed by atoms with E-state index in [1.807, 2.05) is 0 Å². The normalized spacial score (nSPS) is 28.5. The zero-order chi connectivity index (χ0) is 11.3. The fraction of sp³-hybridized carbons (Fsp3) is 0.857. The van der Waals surface area contributed by atoms with Gasteiger partial charge in [-0.2, -0.15) is 0 Å². The Morgan fingerprint density at radius 1 is 1.27 bits per heavy atom. The minimum atomic E-state index is 0.597. The Morgan fingerprint density at radius 2 is 1.87 bits per heavy atom. The van der Waals surface area contributed by atoms with Crippen molar-refractivity contribution in [3.8, 4) is 0 Å². The zero-order valence-electron chi connectivity index (χ0n) is 10.8. The second kappa shape index (κ2) is 6.32. The van der Waals surface area contributed by atoms with Crippen LogP contribution in [0.4, 0.5) is 0 Å². The summed E-state index contributed by atoms with van der Waals surface area (Å²) in [6.45, 7) is 10.1. The maximum absolute atomic E-state index is 3.48. The van der Waals surface area contributed by atoms with Crippen LogP contribution in [0.2, 0.25) is 0 Å². The molecular formula is C14H27N. The third-order valence-corrected chi connectivity index (χ3v) is 3.37. The molecule has 1 aliphatic carbocycles. The van der Waals surface area contributed by atoms with Gasteiger partial charge < -0.3 is 5.32 Å². The first-order valence-corrected chi connectivity index (χ1v) is 6.48. The summed E-state index contributed by atoms with van der Waals surface area (Å²) in [5.74, 6) is 1.82. The lowest BCUT2D eigenvalue weighted by molar-refractivity contribution is 0.329. The Hall–Kier alpha value is -0.300. The van der Waals surface area contributed by atoms with Gasteiger partial charge in [0.2, 0.25) is 0 Å². The average Bonchev–Trinajstić information content (AvgIpc) is 2.19. The molecule has 0 aromatic heterocycles. The summed E-state index contributed by atoms with van der Waals surface area (Å²) in [5.41, 5.74) is 1.52. The molecule has 0 bridgehead atoms. The van der Waals surface area contributed by atoms with Crippen molar-refractivity contribution in [3.63, 3.8) is 0 Å². The lowest BCUT2D eigenvalue weighted by Crippen LogP contribution is -2.24. The number of nitrogens with one attached hydrogen (secondary N) is 1. The van der Waals surface area contributed by atoms with E-state index >= 15 is 0 Å². The molecule has 0 unspecified atom stereocenters. The van der Waals surface area contributed by atoms with Gasteiger partial charge >= 0.3 is 0 Å². The molecule has 1 heteroatoms. The smallest absolute Gasteiger partial charge is 0.0164 e. The summed E-state index contributed by atoms with van der Waals surface area (Å²) >= 11 is 0. The minimum absolute atomic E-state index is 0.597. The number of hydrogen-bond acceptors (Lipinski definition) is 1.